The van der Waals surface area contributed by atoms with Gasteiger partial charge in [0, 0.05) is 43.9 Å². The van der Waals surface area contributed by atoms with E-state index < -0.39 is 0 Å². The second kappa shape index (κ2) is 8.06. The van der Waals surface area contributed by atoms with E-state index in [2.05, 4.69) is 22.5 Å². The molecule has 1 aromatic rings. The summed E-state index contributed by atoms with van der Waals surface area (Å²) < 4.78 is 0. The highest BCUT2D eigenvalue weighted by atomic mass is 16.1. The Bertz CT molecular complexity index is 507. The summed E-state index contributed by atoms with van der Waals surface area (Å²) in [5, 5.41) is 6.11. The first-order valence-electron chi connectivity index (χ1n) is 8.04. The van der Waals surface area contributed by atoms with E-state index in [1.165, 1.54) is 0 Å². The summed E-state index contributed by atoms with van der Waals surface area (Å²) in [5.74, 6) is 0.143. The van der Waals surface area contributed by atoms with Crippen molar-refractivity contribution in [1.29, 1.82) is 0 Å². The molecule has 1 amide bonds. The zero-order chi connectivity index (χ0) is 15.9. The Hall–Kier alpha value is -1.72. The zero-order valence-corrected chi connectivity index (χ0v) is 13.4. The molecule has 1 aromatic carbocycles. The van der Waals surface area contributed by atoms with Gasteiger partial charge in [-0.15, -0.1) is 0 Å². The molecule has 1 unspecified atom stereocenters. The maximum atomic E-state index is 12.7. The van der Waals surface area contributed by atoms with Crippen LogP contribution < -0.4 is 10.6 Å². The van der Waals surface area contributed by atoms with Crippen LogP contribution in [0, 0.1) is 0 Å². The largest absolute Gasteiger partial charge is 0.326 e. The Morgan fingerprint density at radius 3 is 2.36 bits per heavy atom. The summed E-state index contributed by atoms with van der Waals surface area (Å²) in [6.07, 6.45) is 1.26. The van der Waals surface area contributed by atoms with E-state index in [0.717, 1.165) is 38.3 Å². The van der Waals surface area contributed by atoms with Gasteiger partial charge in [-0.1, -0.05) is 13.8 Å². The van der Waals surface area contributed by atoms with Crippen LogP contribution in [0.3, 0.4) is 0 Å². The van der Waals surface area contributed by atoms with Crippen LogP contribution >= 0.6 is 0 Å². The SMILES string of the molecule is CCC(=O)Nc1ccc(C(=O)C(CC)N2CCNCC2)cc1. The number of amides is 1. The quantitative estimate of drug-likeness (QED) is 0.788. The van der Waals surface area contributed by atoms with Crippen LogP contribution in [0.1, 0.15) is 37.0 Å². The fourth-order valence-corrected chi connectivity index (χ4v) is 2.76. The first-order chi connectivity index (χ1) is 10.7. The zero-order valence-electron chi connectivity index (χ0n) is 13.4. The lowest BCUT2D eigenvalue weighted by atomic mass is 10.00. The average molecular weight is 303 g/mol. The maximum Gasteiger partial charge on any atom is 0.224 e. The van der Waals surface area contributed by atoms with Gasteiger partial charge in [-0.2, -0.15) is 0 Å². The molecule has 1 fully saturated rings. The van der Waals surface area contributed by atoms with Gasteiger partial charge in [0.05, 0.1) is 6.04 Å². The van der Waals surface area contributed by atoms with Gasteiger partial charge in [-0.05, 0) is 30.7 Å². The normalized spacial score (nSPS) is 17.0. The van der Waals surface area contributed by atoms with E-state index in [4.69, 9.17) is 0 Å². The number of benzene rings is 1. The number of rotatable bonds is 6. The predicted octanol–water partition coefficient (Wildman–Crippen LogP) is 1.90. The molecule has 1 aliphatic rings. The second-order valence-electron chi connectivity index (χ2n) is 5.55. The topological polar surface area (TPSA) is 61.4 Å². The molecule has 0 aliphatic carbocycles. The van der Waals surface area contributed by atoms with Gasteiger partial charge in [-0.25, -0.2) is 0 Å². The Balaban J connectivity index is 2.05. The molecule has 0 spiro atoms. The van der Waals surface area contributed by atoms with E-state index in [1.807, 2.05) is 6.92 Å². The van der Waals surface area contributed by atoms with E-state index in [0.29, 0.717) is 12.0 Å². The third kappa shape index (κ3) is 4.15. The van der Waals surface area contributed by atoms with Gasteiger partial charge in [-0.3, -0.25) is 14.5 Å². The van der Waals surface area contributed by atoms with Gasteiger partial charge in [0.25, 0.3) is 0 Å². The molecule has 1 saturated heterocycles. The standard InChI is InChI=1S/C17H25N3O2/c1-3-15(20-11-9-18-10-12-20)17(22)13-5-7-14(8-6-13)19-16(21)4-2/h5-8,15,18H,3-4,9-12H2,1-2H3,(H,19,21). The van der Waals surface area contributed by atoms with Crippen LogP contribution in [0.4, 0.5) is 5.69 Å². The monoisotopic (exact) mass is 303 g/mol. The molecule has 0 radical (unpaired) electrons. The summed E-state index contributed by atoms with van der Waals surface area (Å²) in [5.41, 5.74) is 1.44. The Morgan fingerprint density at radius 1 is 1.18 bits per heavy atom. The molecule has 5 heteroatoms. The van der Waals surface area contributed by atoms with Crippen molar-refractivity contribution in [3.63, 3.8) is 0 Å². The fraction of sp³-hybridized carbons (Fsp3) is 0.529. The van der Waals surface area contributed by atoms with E-state index in [-0.39, 0.29) is 17.7 Å². The van der Waals surface area contributed by atoms with Gasteiger partial charge < -0.3 is 10.6 Å². The summed E-state index contributed by atoms with van der Waals surface area (Å²) >= 11 is 0. The smallest absolute Gasteiger partial charge is 0.224 e. The summed E-state index contributed by atoms with van der Waals surface area (Å²) in [6.45, 7) is 7.56. The lowest BCUT2D eigenvalue weighted by Gasteiger charge is -2.33. The molecule has 1 aliphatic heterocycles. The van der Waals surface area contributed by atoms with Crippen molar-refractivity contribution in [2.45, 2.75) is 32.7 Å². The lowest BCUT2D eigenvalue weighted by molar-refractivity contribution is -0.115. The van der Waals surface area contributed by atoms with Crippen molar-refractivity contribution >= 4 is 17.4 Å². The Morgan fingerprint density at radius 2 is 1.82 bits per heavy atom. The van der Waals surface area contributed by atoms with Gasteiger partial charge in [0.15, 0.2) is 5.78 Å². The number of Topliss-reactive ketones (excluding diaryl/α,β-unsaturated/α-hetero) is 1. The van der Waals surface area contributed by atoms with Gasteiger partial charge in [0.2, 0.25) is 5.91 Å². The number of anilines is 1. The van der Waals surface area contributed by atoms with Crippen molar-refractivity contribution in [3.05, 3.63) is 29.8 Å². The van der Waals surface area contributed by atoms with Crippen molar-refractivity contribution in [3.8, 4) is 0 Å². The summed E-state index contributed by atoms with van der Waals surface area (Å²) in [6, 6.07) is 7.14. The molecule has 120 valence electrons. The number of carbonyl (C=O) groups excluding carboxylic acids is 2. The molecule has 5 nitrogen and oxygen atoms in total. The number of piperazine rings is 1. The van der Waals surface area contributed by atoms with Crippen LogP contribution in [-0.2, 0) is 4.79 Å². The summed E-state index contributed by atoms with van der Waals surface area (Å²) in [7, 11) is 0. The highest BCUT2D eigenvalue weighted by Crippen LogP contribution is 2.16. The van der Waals surface area contributed by atoms with E-state index in [9.17, 15) is 9.59 Å². The first-order valence-corrected chi connectivity index (χ1v) is 8.04. The maximum absolute atomic E-state index is 12.7. The molecule has 0 bridgehead atoms. The van der Waals surface area contributed by atoms with Crippen molar-refractivity contribution in [2.24, 2.45) is 0 Å². The van der Waals surface area contributed by atoms with Gasteiger partial charge in [0.1, 0.15) is 0 Å². The number of carbonyl (C=O) groups is 2. The minimum Gasteiger partial charge on any atom is -0.326 e. The molecule has 0 aromatic heterocycles. The number of nitrogens with zero attached hydrogens (tertiary/aromatic N) is 1. The molecule has 2 rings (SSSR count). The molecule has 2 N–H and O–H groups in total. The minimum absolute atomic E-state index is 0.0219. The third-order valence-electron chi connectivity index (χ3n) is 4.06. The summed E-state index contributed by atoms with van der Waals surface area (Å²) in [4.78, 5) is 26.3. The molecule has 0 saturated carbocycles. The lowest BCUT2D eigenvalue weighted by Crippen LogP contribution is -2.51. The van der Waals surface area contributed by atoms with Crippen LogP contribution in [0.25, 0.3) is 0 Å². The fourth-order valence-electron chi connectivity index (χ4n) is 2.76. The third-order valence-corrected chi connectivity index (χ3v) is 4.06. The van der Waals surface area contributed by atoms with Crippen molar-refractivity contribution in [2.75, 3.05) is 31.5 Å². The molecular formula is C17H25N3O2. The highest BCUT2D eigenvalue weighted by molar-refractivity contribution is 6.00. The molecule has 1 heterocycles. The number of nitrogens with one attached hydrogen (secondary N) is 2. The Labute approximate surface area is 132 Å². The van der Waals surface area contributed by atoms with E-state index in [1.54, 1.807) is 24.3 Å². The highest BCUT2D eigenvalue weighted by Gasteiger charge is 2.26. The Kier molecular flexibility index (Phi) is 6.10. The number of ketones is 1. The minimum atomic E-state index is -0.0572. The first kappa shape index (κ1) is 16.6. The van der Waals surface area contributed by atoms with Crippen LogP contribution in [0.5, 0.6) is 0 Å². The van der Waals surface area contributed by atoms with Crippen LogP contribution in [0.2, 0.25) is 0 Å². The number of hydrogen-bond donors (Lipinski definition) is 2. The van der Waals surface area contributed by atoms with Gasteiger partial charge >= 0.3 is 0 Å². The van der Waals surface area contributed by atoms with Crippen LogP contribution in [-0.4, -0.2) is 48.8 Å². The second-order valence-corrected chi connectivity index (χ2v) is 5.55. The van der Waals surface area contributed by atoms with Crippen molar-refractivity contribution in [1.82, 2.24) is 10.2 Å². The molecule has 1 atom stereocenters. The average Bonchev–Trinajstić information content (AvgIpc) is 2.57. The van der Waals surface area contributed by atoms with Crippen molar-refractivity contribution < 1.29 is 9.59 Å². The molecular weight excluding hydrogens is 278 g/mol. The van der Waals surface area contributed by atoms with E-state index >= 15 is 0 Å². The number of hydrogen-bond acceptors (Lipinski definition) is 4. The molecule has 22 heavy (non-hydrogen) atoms. The predicted molar refractivity (Wildman–Crippen MR) is 88.2 cm³/mol. The van der Waals surface area contributed by atoms with Crippen LogP contribution in [0.15, 0.2) is 24.3 Å².